The topological polar surface area (TPSA) is 55.4 Å². The Bertz CT molecular complexity index is 473. The highest BCUT2D eigenvalue weighted by atomic mass is 35.5. The first kappa shape index (κ1) is 18.5. The number of halogens is 1. The Hall–Kier alpha value is -1.55. The van der Waals surface area contributed by atoms with E-state index in [9.17, 15) is 9.59 Å². The average Bonchev–Trinajstić information content (AvgIpc) is 2.51. The van der Waals surface area contributed by atoms with E-state index in [1.165, 1.54) is 0 Å². The summed E-state index contributed by atoms with van der Waals surface area (Å²) in [6.07, 6.45) is 3.36. The van der Waals surface area contributed by atoms with E-state index in [-0.39, 0.29) is 5.78 Å². The minimum Gasteiger partial charge on any atom is -0.450 e. The molecule has 0 fully saturated rings. The zero-order chi connectivity index (χ0) is 16.4. The largest absolute Gasteiger partial charge is 0.450 e. The van der Waals surface area contributed by atoms with Crippen LogP contribution in [0.25, 0.3) is 0 Å². The summed E-state index contributed by atoms with van der Waals surface area (Å²) in [7, 11) is 0. The molecule has 0 saturated carbocycles. The van der Waals surface area contributed by atoms with E-state index in [1.54, 1.807) is 24.3 Å². The van der Waals surface area contributed by atoms with Crippen LogP contribution in [0.3, 0.4) is 0 Å². The van der Waals surface area contributed by atoms with E-state index in [0.29, 0.717) is 18.1 Å². The van der Waals surface area contributed by atoms with Crippen LogP contribution in [-0.4, -0.2) is 18.5 Å². The van der Waals surface area contributed by atoms with Crippen molar-refractivity contribution in [2.45, 2.75) is 52.0 Å². The second-order valence-corrected chi connectivity index (χ2v) is 5.62. The summed E-state index contributed by atoms with van der Waals surface area (Å²) >= 11 is 5.87. The van der Waals surface area contributed by atoms with Gasteiger partial charge in [-0.2, -0.15) is 0 Å². The van der Waals surface area contributed by atoms with Gasteiger partial charge in [0.2, 0.25) is 0 Å². The summed E-state index contributed by atoms with van der Waals surface area (Å²) in [4.78, 5) is 24.2. The highest BCUT2D eigenvalue weighted by molar-refractivity contribution is 6.30. The van der Waals surface area contributed by atoms with Crippen molar-refractivity contribution in [2.24, 2.45) is 0 Å². The van der Waals surface area contributed by atoms with E-state index in [0.717, 1.165) is 31.2 Å². The third-order valence-electron chi connectivity index (χ3n) is 3.30. The van der Waals surface area contributed by atoms with Gasteiger partial charge >= 0.3 is 6.09 Å². The van der Waals surface area contributed by atoms with Gasteiger partial charge in [0.15, 0.2) is 5.78 Å². The van der Waals surface area contributed by atoms with Gasteiger partial charge in [-0.05, 0) is 30.5 Å². The average molecular weight is 326 g/mol. The predicted molar refractivity (Wildman–Crippen MR) is 88.1 cm³/mol. The van der Waals surface area contributed by atoms with Crippen LogP contribution in [0.1, 0.15) is 57.6 Å². The lowest BCUT2D eigenvalue weighted by Crippen LogP contribution is -2.34. The molecule has 1 aromatic rings. The fraction of sp³-hybridized carbons (Fsp3) is 0.529. The van der Waals surface area contributed by atoms with Gasteiger partial charge in [-0.25, -0.2) is 4.79 Å². The molecule has 0 heterocycles. The maximum Gasteiger partial charge on any atom is 0.407 e. The molecule has 0 aliphatic rings. The first-order valence-corrected chi connectivity index (χ1v) is 8.17. The molecule has 1 N–H and O–H groups in total. The Kier molecular flexibility index (Phi) is 8.60. The van der Waals surface area contributed by atoms with Gasteiger partial charge in [-0.3, -0.25) is 4.79 Å². The minimum absolute atomic E-state index is 0.0170. The molecule has 5 heteroatoms. The summed E-state index contributed by atoms with van der Waals surface area (Å²) in [6.45, 7) is 4.40. The third kappa shape index (κ3) is 6.48. The number of unbranched alkanes of at least 4 members (excludes halogenated alkanes) is 2. The molecule has 122 valence electrons. The first-order chi connectivity index (χ1) is 10.6. The van der Waals surface area contributed by atoms with E-state index in [1.807, 2.05) is 13.8 Å². The number of Topliss-reactive ketones (excluding diaryl/α,β-unsaturated/α-hetero) is 1. The molecular formula is C17H24ClNO3. The van der Waals surface area contributed by atoms with Gasteiger partial charge in [0.05, 0.1) is 6.61 Å². The molecule has 0 spiro atoms. The summed E-state index contributed by atoms with van der Waals surface area (Å²) < 4.78 is 5.08. The molecule has 1 aromatic carbocycles. The number of hydrogen-bond acceptors (Lipinski definition) is 3. The number of ether oxygens (including phenoxy) is 1. The molecule has 1 atom stereocenters. The van der Waals surface area contributed by atoms with Crippen molar-refractivity contribution in [1.82, 2.24) is 5.32 Å². The summed E-state index contributed by atoms with van der Waals surface area (Å²) in [5.41, 5.74) is 0.720. The second kappa shape index (κ2) is 10.2. The molecular weight excluding hydrogens is 302 g/mol. The van der Waals surface area contributed by atoms with Crippen molar-refractivity contribution < 1.29 is 14.3 Å². The number of ketones is 1. The number of hydrogen-bond donors (Lipinski definition) is 1. The summed E-state index contributed by atoms with van der Waals surface area (Å²) in [6, 6.07) is 6.24. The van der Waals surface area contributed by atoms with E-state index in [4.69, 9.17) is 16.3 Å². The maximum absolute atomic E-state index is 12.3. The van der Waals surface area contributed by atoms with Crippen molar-refractivity contribution in [3.63, 3.8) is 0 Å². The van der Waals surface area contributed by atoms with Crippen LogP contribution in [-0.2, 0) is 9.53 Å². The lowest BCUT2D eigenvalue weighted by molar-refractivity contribution is -0.121. The van der Waals surface area contributed by atoms with Gasteiger partial charge < -0.3 is 10.1 Å². The monoisotopic (exact) mass is 325 g/mol. The third-order valence-corrected chi connectivity index (χ3v) is 3.55. The van der Waals surface area contributed by atoms with Crippen LogP contribution >= 0.6 is 11.6 Å². The Morgan fingerprint density at radius 1 is 1.14 bits per heavy atom. The highest BCUT2D eigenvalue weighted by Crippen LogP contribution is 2.19. The highest BCUT2D eigenvalue weighted by Gasteiger charge is 2.22. The zero-order valence-electron chi connectivity index (χ0n) is 13.2. The predicted octanol–water partition coefficient (Wildman–Crippen LogP) is 4.67. The number of amides is 1. The maximum atomic E-state index is 12.3. The lowest BCUT2D eigenvalue weighted by atomic mass is 9.99. The second-order valence-electron chi connectivity index (χ2n) is 5.19. The normalized spacial score (nSPS) is 11.8. The summed E-state index contributed by atoms with van der Waals surface area (Å²) in [5, 5.41) is 3.26. The van der Waals surface area contributed by atoms with E-state index < -0.39 is 12.1 Å². The van der Waals surface area contributed by atoms with Crippen LogP contribution in [0.2, 0.25) is 5.02 Å². The molecule has 0 radical (unpaired) electrons. The Morgan fingerprint density at radius 3 is 2.36 bits per heavy atom. The molecule has 0 bridgehead atoms. The molecule has 1 amide bonds. The molecule has 0 aliphatic carbocycles. The Balaban J connectivity index is 2.75. The van der Waals surface area contributed by atoms with Crippen LogP contribution in [0.5, 0.6) is 0 Å². The molecule has 4 nitrogen and oxygen atoms in total. The van der Waals surface area contributed by atoms with Gasteiger partial charge in [-0.1, -0.05) is 50.4 Å². The number of benzene rings is 1. The fourth-order valence-corrected chi connectivity index (χ4v) is 2.10. The minimum atomic E-state index is -0.682. The van der Waals surface area contributed by atoms with E-state index in [2.05, 4.69) is 5.32 Å². The van der Waals surface area contributed by atoms with Crippen molar-refractivity contribution in [3.8, 4) is 0 Å². The van der Waals surface area contributed by atoms with Crippen molar-refractivity contribution >= 4 is 23.5 Å². The van der Waals surface area contributed by atoms with Crippen molar-refractivity contribution in [2.75, 3.05) is 6.61 Å². The molecule has 1 unspecified atom stereocenters. The molecule has 1 rings (SSSR count). The first-order valence-electron chi connectivity index (χ1n) is 7.80. The lowest BCUT2D eigenvalue weighted by Gasteiger charge is -2.18. The van der Waals surface area contributed by atoms with Gasteiger partial charge in [-0.15, -0.1) is 0 Å². The van der Waals surface area contributed by atoms with Gasteiger partial charge in [0.1, 0.15) is 6.04 Å². The van der Waals surface area contributed by atoms with Crippen LogP contribution in [0, 0.1) is 0 Å². The fourth-order valence-electron chi connectivity index (χ4n) is 1.97. The quantitative estimate of drug-likeness (QED) is 0.671. The van der Waals surface area contributed by atoms with Gasteiger partial charge in [0.25, 0.3) is 0 Å². The van der Waals surface area contributed by atoms with Crippen molar-refractivity contribution in [3.05, 3.63) is 34.9 Å². The van der Waals surface area contributed by atoms with Gasteiger partial charge in [0, 0.05) is 11.4 Å². The number of carbonyl (C=O) groups is 2. The smallest absolute Gasteiger partial charge is 0.407 e. The van der Waals surface area contributed by atoms with Crippen LogP contribution in [0.4, 0.5) is 4.79 Å². The number of rotatable bonds is 9. The molecule has 0 aliphatic heterocycles. The Labute approximate surface area is 137 Å². The Morgan fingerprint density at radius 2 is 1.77 bits per heavy atom. The summed E-state index contributed by atoms with van der Waals surface area (Å²) in [5.74, 6) is -0.0170. The van der Waals surface area contributed by atoms with E-state index >= 15 is 0 Å². The molecule has 0 saturated heterocycles. The standard InChI is InChI=1S/C17H24ClNO3/c1-3-5-7-15(20)16(13-8-10-14(18)11-9-13)19-17(21)22-12-6-4-2/h8-11,16H,3-7,12H2,1-2H3,(H,19,21). The van der Waals surface area contributed by atoms with Crippen LogP contribution in [0.15, 0.2) is 24.3 Å². The zero-order valence-corrected chi connectivity index (χ0v) is 14.0. The number of carbonyl (C=O) groups excluding carboxylic acids is 2. The molecule has 0 aromatic heterocycles. The van der Waals surface area contributed by atoms with Crippen molar-refractivity contribution in [1.29, 1.82) is 0 Å². The van der Waals surface area contributed by atoms with Crippen LogP contribution < -0.4 is 5.32 Å². The molecule has 22 heavy (non-hydrogen) atoms. The number of nitrogens with one attached hydrogen (secondary N) is 1. The number of alkyl carbamates (subject to hydrolysis) is 1. The SMILES string of the molecule is CCCCOC(=O)NC(C(=O)CCCC)c1ccc(Cl)cc1.